The molecule has 0 aromatic carbocycles. The van der Waals surface area contributed by atoms with Crippen LogP contribution < -0.4 is 10.6 Å². The number of anilines is 1. The lowest BCUT2D eigenvalue weighted by Gasteiger charge is -2.33. The summed E-state index contributed by atoms with van der Waals surface area (Å²) in [6.45, 7) is 5.31. The van der Waals surface area contributed by atoms with E-state index in [4.69, 9.17) is 22.1 Å². The largest absolute Gasteiger partial charge is 0.381 e. The molecule has 3 heterocycles. The second-order valence-electron chi connectivity index (χ2n) is 5.99. The van der Waals surface area contributed by atoms with Crippen LogP contribution in [0.5, 0.6) is 0 Å². The maximum Gasteiger partial charge on any atom is 0.252 e. The van der Waals surface area contributed by atoms with Gasteiger partial charge < -0.3 is 15.4 Å². The molecule has 2 fully saturated rings. The van der Waals surface area contributed by atoms with Gasteiger partial charge in [-0.15, -0.1) is 10.2 Å². The van der Waals surface area contributed by atoms with E-state index < -0.39 is 5.91 Å². The summed E-state index contributed by atoms with van der Waals surface area (Å²) in [5.74, 6) is 0.0121. The van der Waals surface area contributed by atoms with Crippen molar-refractivity contribution in [1.29, 1.82) is 0 Å². The molecule has 0 spiro atoms. The zero-order chi connectivity index (χ0) is 16.2. The molecule has 1 aromatic rings. The monoisotopic (exact) mass is 339 g/mol. The first kappa shape index (κ1) is 16.4. The average Bonchev–Trinajstić information content (AvgIpc) is 2.81. The third-order valence-electron chi connectivity index (χ3n) is 4.55. The topological polar surface area (TPSA) is 84.6 Å². The first-order valence-corrected chi connectivity index (χ1v) is 8.42. The number of rotatable bonds is 3. The van der Waals surface area contributed by atoms with Crippen LogP contribution in [0.4, 0.5) is 5.82 Å². The van der Waals surface area contributed by atoms with Crippen LogP contribution >= 0.6 is 11.6 Å². The summed E-state index contributed by atoms with van der Waals surface area (Å²) in [5, 5.41) is 8.16. The van der Waals surface area contributed by atoms with E-state index in [1.807, 2.05) is 0 Å². The fourth-order valence-corrected chi connectivity index (χ4v) is 3.49. The van der Waals surface area contributed by atoms with Crippen molar-refractivity contribution in [2.45, 2.75) is 25.3 Å². The van der Waals surface area contributed by atoms with Gasteiger partial charge in [0.15, 0.2) is 11.0 Å². The fourth-order valence-electron chi connectivity index (χ4n) is 3.34. The van der Waals surface area contributed by atoms with Crippen LogP contribution in [0, 0.1) is 0 Å². The highest BCUT2D eigenvalue weighted by Gasteiger charge is 2.26. The number of primary amides is 1. The number of carbonyl (C=O) groups is 1. The fraction of sp³-hybridized carbons (Fsp3) is 0.667. The lowest BCUT2D eigenvalue weighted by atomic mass is 10.1. The van der Waals surface area contributed by atoms with Crippen molar-refractivity contribution in [1.82, 2.24) is 15.1 Å². The van der Waals surface area contributed by atoms with E-state index in [0.717, 1.165) is 58.7 Å². The summed E-state index contributed by atoms with van der Waals surface area (Å²) < 4.78 is 5.45. The SMILES string of the molecule is NC(=O)c1cc(Cl)nnc1N1CCCN(C2CCOCC2)CC1. The molecule has 23 heavy (non-hydrogen) atoms. The van der Waals surface area contributed by atoms with Gasteiger partial charge in [0.05, 0.1) is 5.56 Å². The number of nitrogens with two attached hydrogens (primary N) is 1. The first-order valence-electron chi connectivity index (χ1n) is 8.05. The third kappa shape index (κ3) is 3.91. The molecule has 2 aliphatic heterocycles. The van der Waals surface area contributed by atoms with Crippen LogP contribution in [0.3, 0.4) is 0 Å². The molecule has 7 nitrogen and oxygen atoms in total. The quantitative estimate of drug-likeness (QED) is 0.881. The molecule has 3 rings (SSSR count). The van der Waals surface area contributed by atoms with Crippen LogP contribution in [0.15, 0.2) is 6.07 Å². The molecule has 0 atom stereocenters. The van der Waals surface area contributed by atoms with Gasteiger partial charge in [0, 0.05) is 45.4 Å². The number of ether oxygens (including phenoxy) is 1. The maximum atomic E-state index is 11.7. The summed E-state index contributed by atoms with van der Waals surface area (Å²) in [6.07, 6.45) is 3.19. The molecule has 0 aliphatic carbocycles. The smallest absolute Gasteiger partial charge is 0.252 e. The predicted octanol–water partition coefficient (Wildman–Crippen LogP) is 0.920. The Morgan fingerprint density at radius 1 is 1.22 bits per heavy atom. The Hall–Kier alpha value is -1.44. The van der Waals surface area contributed by atoms with Gasteiger partial charge in [0.1, 0.15) is 0 Å². The summed E-state index contributed by atoms with van der Waals surface area (Å²) in [4.78, 5) is 16.3. The molecule has 1 amide bonds. The Labute approximate surface area is 140 Å². The Morgan fingerprint density at radius 3 is 2.74 bits per heavy atom. The van der Waals surface area contributed by atoms with E-state index in [0.29, 0.717) is 17.4 Å². The van der Waals surface area contributed by atoms with E-state index in [1.165, 1.54) is 6.07 Å². The zero-order valence-corrected chi connectivity index (χ0v) is 13.8. The number of halogens is 1. The van der Waals surface area contributed by atoms with Gasteiger partial charge in [0.2, 0.25) is 0 Å². The lowest BCUT2D eigenvalue weighted by Crippen LogP contribution is -2.41. The molecule has 0 bridgehead atoms. The second kappa shape index (κ2) is 7.42. The van der Waals surface area contributed by atoms with Gasteiger partial charge in [-0.1, -0.05) is 11.6 Å². The summed E-state index contributed by atoms with van der Waals surface area (Å²) >= 11 is 5.84. The molecule has 126 valence electrons. The van der Waals surface area contributed by atoms with Gasteiger partial charge in [-0.2, -0.15) is 0 Å². The van der Waals surface area contributed by atoms with Crippen molar-refractivity contribution in [3.8, 4) is 0 Å². The minimum absolute atomic E-state index is 0.182. The maximum absolute atomic E-state index is 11.7. The summed E-state index contributed by atoms with van der Waals surface area (Å²) in [6, 6.07) is 2.09. The van der Waals surface area contributed by atoms with Crippen molar-refractivity contribution < 1.29 is 9.53 Å². The standard InChI is InChI=1S/C15H22ClN5O2/c16-13-10-12(14(17)22)15(19-18-13)21-5-1-4-20(6-7-21)11-2-8-23-9-3-11/h10-11H,1-9H2,(H2,17,22). The number of nitrogens with zero attached hydrogens (tertiary/aromatic N) is 4. The van der Waals surface area contributed by atoms with Crippen LogP contribution in [-0.2, 0) is 4.74 Å². The molecule has 1 aromatic heterocycles. The molecular formula is C15H22ClN5O2. The van der Waals surface area contributed by atoms with Gasteiger partial charge in [-0.3, -0.25) is 9.69 Å². The zero-order valence-electron chi connectivity index (χ0n) is 13.1. The number of hydrogen-bond donors (Lipinski definition) is 1. The molecule has 2 saturated heterocycles. The predicted molar refractivity (Wildman–Crippen MR) is 87.8 cm³/mol. The van der Waals surface area contributed by atoms with Gasteiger partial charge >= 0.3 is 0 Å². The van der Waals surface area contributed by atoms with Gasteiger partial charge in [0.25, 0.3) is 5.91 Å². The second-order valence-corrected chi connectivity index (χ2v) is 6.38. The Bertz CT molecular complexity index is 565. The van der Waals surface area contributed by atoms with Crippen LogP contribution in [0.1, 0.15) is 29.6 Å². The van der Waals surface area contributed by atoms with E-state index in [1.54, 1.807) is 0 Å². The first-order chi connectivity index (χ1) is 11.1. The lowest BCUT2D eigenvalue weighted by molar-refractivity contribution is 0.0365. The van der Waals surface area contributed by atoms with Crippen LogP contribution in [0.2, 0.25) is 5.15 Å². The Balaban J connectivity index is 1.71. The minimum atomic E-state index is -0.526. The Kier molecular flexibility index (Phi) is 5.30. The number of hydrogen-bond acceptors (Lipinski definition) is 6. The molecule has 2 aliphatic rings. The minimum Gasteiger partial charge on any atom is -0.381 e. The third-order valence-corrected chi connectivity index (χ3v) is 4.73. The van der Waals surface area contributed by atoms with Crippen LogP contribution in [-0.4, -0.2) is 66.4 Å². The number of amides is 1. The molecule has 8 heteroatoms. The van der Waals surface area contributed by atoms with Crippen LogP contribution in [0.25, 0.3) is 0 Å². The van der Waals surface area contributed by atoms with Gasteiger partial charge in [-0.25, -0.2) is 0 Å². The van der Waals surface area contributed by atoms with Crippen molar-refractivity contribution >= 4 is 23.3 Å². The molecule has 0 radical (unpaired) electrons. The number of carbonyl (C=O) groups excluding carboxylic acids is 1. The summed E-state index contributed by atoms with van der Waals surface area (Å²) in [5.41, 5.74) is 5.79. The molecule has 0 saturated carbocycles. The van der Waals surface area contributed by atoms with E-state index in [-0.39, 0.29) is 5.15 Å². The molecular weight excluding hydrogens is 318 g/mol. The average molecular weight is 340 g/mol. The van der Waals surface area contributed by atoms with Crippen molar-refractivity contribution in [2.75, 3.05) is 44.3 Å². The van der Waals surface area contributed by atoms with Crippen molar-refractivity contribution in [3.05, 3.63) is 16.8 Å². The highest BCUT2D eigenvalue weighted by Crippen LogP contribution is 2.22. The van der Waals surface area contributed by atoms with Crippen molar-refractivity contribution in [3.63, 3.8) is 0 Å². The highest BCUT2D eigenvalue weighted by molar-refractivity contribution is 6.29. The van der Waals surface area contributed by atoms with E-state index in [9.17, 15) is 4.79 Å². The van der Waals surface area contributed by atoms with E-state index >= 15 is 0 Å². The molecule has 2 N–H and O–H groups in total. The number of aromatic nitrogens is 2. The normalized spacial score (nSPS) is 21.2. The summed E-state index contributed by atoms with van der Waals surface area (Å²) in [7, 11) is 0. The Morgan fingerprint density at radius 2 is 2.00 bits per heavy atom. The van der Waals surface area contributed by atoms with Gasteiger partial charge in [-0.05, 0) is 25.3 Å². The van der Waals surface area contributed by atoms with Crippen molar-refractivity contribution in [2.24, 2.45) is 5.73 Å². The highest BCUT2D eigenvalue weighted by atomic mass is 35.5. The van der Waals surface area contributed by atoms with E-state index in [2.05, 4.69) is 20.0 Å². The molecule has 0 unspecified atom stereocenters.